The molecule has 2 aromatic heterocycles. The molecule has 0 unspecified atom stereocenters. The first-order chi connectivity index (χ1) is 13.8. The molecule has 0 atom stereocenters. The summed E-state index contributed by atoms with van der Waals surface area (Å²) in [7, 11) is 1.58. The minimum Gasteiger partial charge on any atom is -0.356 e. The normalized spacial score (nSPS) is 15.3. The maximum absolute atomic E-state index is 13.2. The second kappa shape index (κ2) is 8.67. The predicted octanol–water partition coefficient (Wildman–Crippen LogP) is 4.08. The maximum atomic E-state index is 13.2. The van der Waals surface area contributed by atoms with Gasteiger partial charge in [-0.15, -0.1) is 0 Å². The molecular formula is C20H24F3N5O. The topological polar surface area (TPSA) is 61.4 Å². The lowest BCUT2D eigenvalue weighted by molar-refractivity contribution is -0.141. The smallest absolute Gasteiger partial charge is 0.356 e. The largest absolute Gasteiger partial charge is 0.433 e. The quantitative estimate of drug-likeness (QED) is 0.830. The van der Waals surface area contributed by atoms with Crippen molar-refractivity contribution in [1.29, 1.82) is 0 Å². The molecule has 2 amide bonds. The second-order valence-corrected chi connectivity index (χ2v) is 7.25. The molecule has 1 fully saturated rings. The number of carbonyl (C=O) groups excluding carboxylic acids is 1. The SMILES string of the molecule is CC1CCN(c2nc(C(F)(F)F)ccc2CNC(=O)N(C)c2ccccn2)CC1. The number of rotatable bonds is 4. The molecule has 1 saturated heterocycles. The van der Waals surface area contributed by atoms with Gasteiger partial charge >= 0.3 is 12.2 Å². The van der Waals surface area contributed by atoms with E-state index in [0.29, 0.717) is 30.4 Å². The number of pyridine rings is 2. The number of hydrogen-bond acceptors (Lipinski definition) is 4. The highest BCUT2D eigenvalue weighted by Gasteiger charge is 2.34. The molecule has 3 rings (SSSR count). The summed E-state index contributed by atoms with van der Waals surface area (Å²) in [4.78, 5) is 23.7. The molecule has 29 heavy (non-hydrogen) atoms. The number of hydrogen-bond donors (Lipinski definition) is 1. The Morgan fingerprint density at radius 2 is 1.97 bits per heavy atom. The molecule has 9 heteroatoms. The first kappa shape index (κ1) is 20.9. The minimum absolute atomic E-state index is 0.0720. The summed E-state index contributed by atoms with van der Waals surface area (Å²) in [5, 5.41) is 2.74. The Bertz CT molecular complexity index is 836. The van der Waals surface area contributed by atoms with Crippen molar-refractivity contribution in [2.75, 3.05) is 29.9 Å². The zero-order valence-corrected chi connectivity index (χ0v) is 16.4. The van der Waals surface area contributed by atoms with Crippen molar-refractivity contribution in [3.63, 3.8) is 0 Å². The first-order valence-electron chi connectivity index (χ1n) is 9.50. The standard InChI is InChI=1S/C20H24F3N5O/c1-14-8-11-28(12-9-14)18-15(6-7-16(26-18)20(21,22)23)13-25-19(29)27(2)17-5-3-4-10-24-17/h3-7,10,14H,8-9,11-13H2,1-2H3,(H,25,29). The highest BCUT2D eigenvalue weighted by Crippen LogP contribution is 2.32. The fourth-order valence-corrected chi connectivity index (χ4v) is 3.21. The Morgan fingerprint density at radius 3 is 2.59 bits per heavy atom. The number of halogens is 3. The van der Waals surface area contributed by atoms with Crippen LogP contribution < -0.4 is 15.1 Å². The fourth-order valence-electron chi connectivity index (χ4n) is 3.21. The lowest BCUT2D eigenvalue weighted by Crippen LogP contribution is -2.38. The number of carbonyl (C=O) groups is 1. The Morgan fingerprint density at radius 1 is 1.24 bits per heavy atom. The monoisotopic (exact) mass is 407 g/mol. The third kappa shape index (κ3) is 5.16. The van der Waals surface area contributed by atoms with E-state index in [1.807, 2.05) is 4.90 Å². The molecule has 2 aromatic rings. The van der Waals surface area contributed by atoms with Crippen molar-refractivity contribution in [1.82, 2.24) is 15.3 Å². The number of amides is 2. The van der Waals surface area contributed by atoms with Crippen LogP contribution in [0.3, 0.4) is 0 Å². The van der Waals surface area contributed by atoms with Gasteiger partial charge in [0.1, 0.15) is 17.3 Å². The third-order valence-electron chi connectivity index (χ3n) is 5.06. The molecule has 0 bridgehead atoms. The van der Waals surface area contributed by atoms with Crippen molar-refractivity contribution in [2.24, 2.45) is 5.92 Å². The fraction of sp³-hybridized carbons (Fsp3) is 0.450. The van der Waals surface area contributed by atoms with Crippen molar-refractivity contribution in [3.05, 3.63) is 47.8 Å². The molecule has 0 spiro atoms. The van der Waals surface area contributed by atoms with Gasteiger partial charge in [-0.1, -0.05) is 19.1 Å². The second-order valence-electron chi connectivity index (χ2n) is 7.25. The van der Waals surface area contributed by atoms with Crippen molar-refractivity contribution in [3.8, 4) is 0 Å². The number of piperidine rings is 1. The summed E-state index contributed by atoms with van der Waals surface area (Å²) in [6.45, 7) is 3.49. The Hall–Kier alpha value is -2.84. The molecule has 156 valence electrons. The predicted molar refractivity (Wildman–Crippen MR) is 105 cm³/mol. The van der Waals surface area contributed by atoms with Gasteiger partial charge in [-0.3, -0.25) is 4.90 Å². The number of anilines is 2. The molecule has 0 aromatic carbocycles. The van der Waals surface area contributed by atoms with Gasteiger partial charge in [0.05, 0.1) is 0 Å². The van der Waals surface area contributed by atoms with Crippen LogP contribution in [-0.2, 0) is 12.7 Å². The molecule has 1 N–H and O–H groups in total. The minimum atomic E-state index is -4.52. The highest BCUT2D eigenvalue weighted by atomic mass is 19.4. The van der Waals surface area contributed by atoms with Gasteiger partial charge < -0.3 is 10.2 Å². The van der Waals surface area contributed by atoms with Gasteiger partial charge in [0.2, 0.25) is 0 Å². The van der Waals surface area contributed by atoms with Gasteiger partial charge in [0, 0.05) is 38.4 Å². The summed E-state index contributed by atoms with van der Waals surface area (Å²) in [5.74, 6) is 1.29. The van der Waals surface area contributed by atoms with E-state index in [4.69, 9.17) is 0 Å². The molecule has 0 aliphatic carbocycles. The van der Waals surface area contributed by atoms with Gasteiger partial charge in [-0.05, 0) is 37.0 Å². The lowest BCUT2D eigenvalue weighted by Gasteiger charge is -2.33. The average molecular weight is 407 g/mol. The van der Waals surface area contributed by atoms with E-state index < -0.39 is 17.9 Å². The molecule has 1 aliphatic rings. The Balaban J connectivity index is 1.78. The summed E-state index contributed by atoms with van der Waals surface area (Å²) in [6.07, 6.45) is -1.15. The van der Waals surface area contributed by atoms with E-state index in [9.17, 15) is 18.0 Å². The van der Waals surface area contributed by atoms with E-state index >= 15 is 0 Å². The molecule has 3 heterocycles. The van der Waals surface area contributed by atoms with Gasteiger partial charge in [-0.25, -0.2) is 14.8 Å². The molecule has 0 saturated carbocycles. The zero-order chi connectivity index (χ0) is 21.0. The first-order valence-corrected chi connectivity index (χ1v) is 9.50. The summed E-state index contributed by atoms with van der Waals surface area (Å²) in [6, 6.07) is 7.15. The van der Waals surface area contributed by atoms with Crippen molar-refractivity contribution in [2.45, 2.75) is 32.5 Å². The van der Waals surface area contributed by atoms with Crippen LogP contribution in [0.2, 0.25) is 0 Å². The summed E-state index contributed by atoms with van der Waals surface area (Å²) >= 11 is 0. The van der Waals surface area contributed by atoms with Crippen LogP contribution in [0.1, 0.15) is 31.0 Å². The number of nitrogens with zero attached hydrogens (tertiary/aromatic N) is 4. The van der Waals surface area contributed by atoms with Crippen LogP contribution in [0.25, 0.3) is 0 Å². The number of aromatic nitrogens is 2. The average Bonchev–Trinajstić information content (AvgIpc) is 2.72. The number of urea groups is 1. The maximum Gasteiger partial charge on any atom is 0.433 e. The third-order valence-corrected chi connectivity index (χ3v) is 5.06. The van der Waals surface area contributed by atoms with Crippen LogP contribution in [0.15, 0.2) is 36.5 Å². The Kier molecular flexibility index (Phi) is 6.24. The van der Waals surface area contributed by atoms with E-state index in [-0.39, 0.29) is 12.4 Å². The molecule has 6 nitrogen and oxygen atoms in total. The van der Waals surface area contributed by atoms with Gasteiger partial charge in [0.15, 0.2) is 0 Å². The van der Waals surface area contributed by atoms with Crippen LogP contribution in [0.4, 0.5) is 29.6 Å². The number of alkyl halides is 3. The Labute approximate surface area is 167 Å². The van der Waals surface area contributed by atoms with Crippen molar-refractivity contribution < 1.29 is 18.0 Å². The number of nitrogens with one attached hydrogen (secondary N) is 1. The van der Waals surface area contributed by atoms with Crippen molar-refractivity contribution >= 4 is 17.7 Å². The van der Waals surface area contributed by atoms with Gasteiger partial charge in [-0.2, -0.15) is 13.2 Å². The van der Waals surface area contributed by atoms with Gasteiger partial charge in [0.25, 0.3) is 0 Å². The van der Waals surface area contributed by atoms with E-state index in [2.05, 4.69) is 22.2 Å². The molecule has 1 aliphatic heterocycles. The van der Waals surface area contributed by atoms with Crippen LogP contribution in [0, 0.1) is 5.92 Å². The van der Waals surface area contributed by atoms with Crippen LogP contribution >= 0.6 is 0 Å². The highest BCUT2D eigenvalue weighted by molar-refractivity contribution is 5.90. The van der Waals surface area contributed by atoms with E-state index in [1.165, 1.54) is 11.0 Å². The van der Waals surface area contributed by atoms with Crippen LogP contribution in [-0.4, -0.2) is 36.1 Å². The van der Waals surface area contributed by atoms with E-state index in [1.54, 1.807) is 31.4 Å². The summed E-state index contributed by atoms with van der Waals surface area (Å²) < 4.78 is 39.5. The summed E-state index contributed by atoms with van der Waals surface area (Å²) in [5.41, 5.74) is -0.373. The molecular weight excluding hydrogens is 383 g/mol. The molecule has 0 radical (unpaired) electrons. The van der Waals surface area contributed by atoms with E-state index in [0.717, 1.165) is 18.9 Å². The van der Waals surface area contributed by atoms with Crippen LogP contribution in [0.5, 0.6) is 0 Å². The zero-order valence-electron chi connectivity index (χ0n) is 16.4. The lowest BCUT2D eigenvalue weighted by atomic mass is 9.99.